The van der Waals surface area contributed by atoms with Gasteiger partial charge in [-0.3, -0.25) is 4.55 Å². The summed E-state index contributed by atoms with van der Waals surface area (Å²) in [5.41, 5.74) is -3.63. The molecule has 1 N–H and O–H groups in total. The SMILES string of the molecule is CC(CS(=O)(=O)O)(OC(=O)c1ccc(OCC2CO2)cc1)C(F)(F)F. The first-order valence-electron chi connectivity index (χ1n) is 6.99. The van der Waals surface area contributed by atoms with Crippen molar-refractivity contribution in [2.45, 2.75) is 24.8 Å². The molecule has 0 bridgehead atoms. The van der Waals surface area contributed by atoms with Gasteiger partial charge in [-0.1, -0.05) is 0 Å². The van der Waals surface area contributed by atoms with Gasteiger partial charge in [-0.2, -0.15) is 21.6 Å². The molecule has 1 saturated heterocycles. The van der Waals surface area contributed by atoms with E-state index in [0.717, 1.165) is 0 Å². The van der Waals surface area contributed by atoms with Gasteiger partial charge in [-0.05, 0) is 31.2 Å². The molecule has 0 aromatic heterocycles. The van der Waals surface area contributed by atoms with Crippen LogP contribution in [0.1, 0.15) is 17.3 Å². The highest BCUT2D eigenvalue weighted by Crippen LogP contribution is 2.35. The molecule has 1 heterocycles. The van der Waals surface area contributed by atoms with Crippen LogP contribution in [0.25, 0.3) is 0 Å². The first-order chi connectivity index (χ1) is 11.4. The van der Waals surface area contributed by atoms with E-state index in [4.69, 9.17) is 14.0 Å². The Balaban J connectivity index is 2.09. The molecule has 0 amide bonds. The van der Waals surface area contributed by atoms with Crippen LogP contribution in [0.2, 0.25) is 0 Å². The highest BCUT2D eigenvalue weighted by Gasteiger charge is 2.57. The van der Waals surface area contributed by atoms with Crippen molar-refractivity contribution in [3.8, 4) is 5.75 Å². The molecule has 140 valence electrons. The Hall–Kier alpha value is -1.85. The van der Waals surface area contributed by atoms with Crippen LogP contribution in [0.3, 0.4) is 0 Å². The zero-order valence-electron chi connectivity index (χ0n) is 12.9. The zero-order valence-corrected chi connectivity index (χ0v) is 13.8. The van der Waals surface area contributed by atoms with E-state index in [1.807, 2.05) is 0 Å². The van der Waals surface area contributed by atoms with Crippen LogP contribution in [-0.4, -0.2) is 55.8 Å². The summed E-state index contributed by atoms with van der Waals surface area (Å²) in [6.45, 7) is 1.27. The van der Waals surface area contributed by atoms with Crippen molar-refractivity contribution in [3.05, 3.63) is 29.8 Å². The summed E-state index contributed by atoms with van der Waals surface area (Å²) in [5, 5.41) is 0. The molecule has 0 spiro atoms. The molecule has 7 nitrogen and oxygen atoms in total. The van der Waals surface area contributed by atoms with Crippen molar-refractivity contribution in [2.75, 3.05) is 19.0 Å². The van der Waals surface area contributed by atoms with Gasteiger partial charge in [0.05, 0.1) is 12.2 Å². The minimum atomic E-state index is -5.20. The third-order valence-corrected chi connectivity index (χ3v) is 4.22. The Labute approximate surface area is 141 Å². The van der Waals surface area contributed by atoms with Crippen molar-refractivity contribution in [3.63, 3.8) is 0 Å². The number of hydrogen-bond donors (Lipinski definition) is 1. The third-order valence-electron chi connectivity index (χ3n) is 3.30. The van der Waals surface area contributed by atoms with E-state index in [1.165, 1.54) is 24.3 Å². The van der Waals surface area contributed by atoms with Crippen molar-refractivity contribution < 1.29 is 45.1 Å². The maximum Gasteiger partial charge on any atom is 0.429 e. The normalized spacial score (nSPS) is 19.8. The lowest BCUT2D eigenvalue weighted by molar-refractivity contribution is -0.243. The van der Waals surface area contributed by atoms with Gasteiger partial charge >= 0.3 is 12.1 Å². The topological polar surface area (TPSA) is 102 Å². The predicted molar refractivity (Wildman–Crippen MR) is 78.0 cm³/mol. The van der Waals surface area contributed by atoms with Gasteiger partial charge in [0.1, 0.15) is 24.2 Å². The molecule has 1 aliphatic heterocycles. The lowest BCUT2D eigenvalue weighted by Gasteiger charge is -2.30. The molecule has 1 aromatic carbocycles. The first-order valence-corrected chi connectivity index (χ1v) is 8.60. The summed E-state index contributed by atoms with van der Waals surface area (Å²) < 4.78 is 84.2. The van der Waals surface area contributed by atoms with Gasteiger partial charge in [-0.25, -0.2) is 4.79 Å². The average molecular weight is 384 g/mol. The van der Waals surface area contributed by atoms with E-state index in [9.17, 15) is 26.4 Å². The molecular formula is C14H15F3O7S. The standard InChI is InChI=1S/C14H15F3O7S/c1-13(14(15,16)17,8-25(19,20)21)24-12(18)9-2-4-10(5-3-9)22-6-11-7-23-11/h2-5,11H,6-8H2,1H3,(H,19,20,21). The van der Waals surface area contributed by atoms with Gasteiger partial charge in [0.2, 0.25) is 5.60 Å². The molecule has 1 aliphatic rings. The lowest BCUT2D eigenvalue weighted by Crippen LogP contribution is -2.51. The fourth-order valence-corrected chi connectivity index (χ4v) is 2.74. The maximum atomic E-state index is 13.1. The van der Waals surface area contributed by atoms with Crippen LogP contribution in [0.5, 0.6) is 5.75 Å². The Kier molecular flexibility index (Phi) is 5.30. The van der Waals surface area contributed by atoms with Gasteiger partial charge < -0.3 is 14.2 Å². The number of benzene rings is 1. The summed E-state index contributed by atoms with van der Waals surface area (Å²) in [5.74, 6) is -2.82. The first kappa shape index (κ1) is 19.5. The number of carbonyl (C=O) groups excluding carboxylic acids is 1. The minimum absolute atomic E-state index is 0.0116. The maximum absolute atomic E-state index is 13.1. The van der Waals surface area contributed by atoms with Crippen LogP contribution < -0.4 is 4.74 Å². The Bertz CT molecular complexity index is 726. The van der Waals surface area contributed by atoms with E-state index in [0.29, 0.717) is 25.9 Å². The number of epoxide rings is 1. The number of halogens is 3. The van der Waals surface area contributed by atoms with Crippen molar-refractivity contribution in [1.82, 2.24) is 0 Å². The fraction of sp³-hybridized carbons (Fsp3) is 0.500. The molecule has 2 rings (SSSR count). The van der Waals surface area contributed by atoms with Gasteiger partial charge in [-0.15, -0.1) is 0 Å². The molecule has 2 atom stereocenters. The van der Waals surface area contributed by atoms with Crippen molar-refractivity contribution >= 4 is 16.1 Å². The van der Waals surface area contributed by atoms with Crippen molar-refractivity contribution in [2.24, 2.45) is 0 Å². The van der Waals surface area contributed by atoms with E-state index in [1.54, 1.807) is 0 Å². The molecule has 11 heteroatoms. The second-order valence-electron chi connectivity index (χ2n) is 5.64. The molecule has 25 heavy (non-hydrogen) atoms. The Morgan fingerprint density at radius 2 is 1.88 bits per heavy atom. The van der Waals surface area contributed by atoms with E-state index >= 15 is 0 Å². The van der Waals surface area contributed by atoms with Gasteiger partial charge in [0, 0.05) is 0 Å². The van der Waals surface area contributed by atoms with Crippen LogP contribution in [0.4, 0.5) is 13.2 Å². The second-order valence-corrected chi connectivity index (χ2v) is 7.09. The van der Waals surface area contributed by atoms with Crippen LogP contribution in [-0.2, 0) is 19.6 Å². The van der Waals surface area contributed by atoms with E-state index < -0.39 is 33.6 Å². The number of carbonyl (C=O) groups is 1. The average Bonchev–Trinajstić information content (AvgIpc) is 3.26. The van der Waals surface area contributed by atoms with Gasteiger partial charge in [0.15, 0.2) is 0 Å². The summed E-state index contributed by atoms with van der Waals surface area (Å²) in [6.07, 6.45) is -5.19. The van der Waals surface area contributed by atoms with Crippen LogP contribution in [0, 0.1) is 0 Å². The summed E-state index contributed by atoms with van der Waals surface area (Å²) in [6, 6.07) is 5.06. The monoisotopic (exact) mass is 384 g/mol. The van der Waals surface area contributed by atoms with Crippen LogP contribution in [0.15, 0.2) is 24.3 Å². The molecule has 1 fully saturated rings. The number of alkyl halides is 3. The summed E-state index contributed by atoms with van der Waals surface area (Å²) >= 11 is 0. The van der Waals surface area contributed by atoms with Crippen molar-refractivity contribution in [1.29, 1.82) is 0 Å². The molecule has 0 aliphatic carbocycles. The smallest absolute Gasteiger partial charge is 0.429 e. The van der Waals surface area contributed by atoms with Crippen LogP contribution >= 0.6 is 0 Å². The number of hydrogen-bond acceptors (Lipinski definition) is 6. The molecular weight excluding hydrogens is 369 g/mol. The molecule has 0 saturated carbocycles. The van der Waals surface area contributed by atoms with E-state index in [-0.39, 0.29) is 11.7 Å². The minimum Gasteiger partial charge on any atom is -0.491 e. The van der Waals surface area contributed by atoms with Gasteiger partial charge in [0.25, 0.3) is 10.1 Å². The quantitative estimate of drug-likeness (QED) is 0.435. The zero-order chi connectivity index (χ0) is 18.9. The molecule has 0 radical (unpaired) electrons. The highest BCUT2D eigenvalue weighted by molar-refractivity contribution is 7.85. The predicted octanol–water partition coefficient (Wildman–Crippen LogP) is 1.83. The highest BCUT2D eigenvalue weighted by atomic mass is 32.2. The number of rotatable bonds is 7. The third kappa shape index (κ3) is 5.58. The summed E-state index contributed by atoms with van der Waals surface area (Å²) in [7, 11) is -5.04. The molecule has 1 aromatic rings. The fourth-order valence-electron chi connectivity index (χ4n) is 1.82. The number of ether oxygens (including phenoxy) is 3. The summed E-state index contributed by atoms with van der Waals surface area (Å²) in [4.78, 5) is 11.9. The Morgan fingerprint density at radius 3 is 2.32 bits per heavy atom. The molecule has 2 unspecified atom stereocenters. The number of esters is 1. The second kappa shape index (κ2) is 6.81. The largest absolute Gasteiger partial charge is 0.491 e. The Morgan fingerprint density at radius 1 is 1.32 bits per heavy atom. The van der Waals surface area contributed by atoms with E-state index in [2.05, 4.69) is 4.74 Å². The lowest BCUT2D eigenvalue weighted by atomic mass is 10.1.